The number of nitrogens with one attached hydrogen (secondary N) is 1. The molecule has 0 aliphatic rings. The van der Waals surface area contributed by atoms with Crippen LogP contribution >= 0.6 is 0 Å². The Hall–Kier alpha value is -3.80. The fourth-order valence-corrected chi connectivity index (χ4v) is 2.73. The first-order valence-corrected chi connectivity index (χ1v) is 10.0. The normalized spacial score (nSPS) is 11.3. The van der Waals surface area contributed by atoms with Crippen molar-refractivity contribution < 1.29 is 23.8 Å². The van der Waals surface area contributed by atoms with E-state index in [1.165, 1.54) is 6.92 Å². The zero-order valence-corrected chi connectivity index (χ0v) is 17.3. The Kier molecular flexibility index (Phi) is 8.05. The second-order valence-electron chi connectivity index (χ2n) is 6.87. The summed E-state index contributed by atoms with van der Waals surface area (Å²) in [5.41, 5.74) is 2.04. The molecule has 160 valence electrons. The molecule has 0 spiro atoms. The van der Waals surface area contributed by atoms with Gasteiger partial charge in [0.15, 0.2) is 12.7 Å². The molecule has 1 atom stereocenters. The van der Waals surface area contributed by atoms with Crippen molar-refractivity contribution in [3.8, 4) is 11.5 Å². The molecule has 6 nitrogen and oxygen atoms in total. The van der Waals surface area contributed by atoms with Crippen molar-refractivity contribution in [3.63, 3.8) is 0 Å². The van der Waals surface area contributed by atoms with Gasteiger partial charge < -0.3 is 19.5 Å². The Morgan fingerprint density at radius 3 is 1.94 bits per heavy atom. The minimum absolute atomic E-state index is 0.291. The molecule has 3 rings (SSSR count). The maximum Gasteiger partial charge on any atom is 0.344 e. The molecule has 0 heterocycles. The SMILES string of the molecule is C[C@H](OC(=O)COc1ccc(OCc2ccccc2)cc1)C(=O)NCc1ccccc1. The number of rotatable bonds is 10. The second-order valence-corrected chi connectivity index (χ2v) is 6.87. The number of amides is 1. The minimum Gasteiger partial charge on any atom is -0.489 e. The summed E-state index contributed by atoms with van der Waals surface area (Å²) >= 11 is 0. The van der Waals surface area contributed by atoms with Gasteiger partial charge in [-0.15, -0.1) is 0 Å². The van der Waals surface area contributed by atoms with Crippen molar-refractivity contribution in [2.45, 2.75) is 26.2 Å². The van der Waals surface area contributed by atoms with Gasteiger partial charge in [0.1, 0.15) is 18.1 Å². The van der Waals surface area contributed by atoms with E-state index in [-0.39, 0.29) is 12.5 Å². The molecular formula is C25H25NO5. The highest BCUT2D eigenvalue weighted by atomic mass is 16.6. The van der Waals surface area contributed by atoms with E-state index in [1.807, 2.05) is 60.7 Å². The number of carbonyl (C=O) groups excluding carboxylic acids is 2. The third-order valence-electron chi connectivity index (χ3n) is 4.42. The Balaban J connectivity index is 1.37. The maximum absolute atomic E-state index is 12.1. The standard InChI is InChI=1S/C25H25NO5/c1-19(25(28)26-16-20-8-4-2-5-9-20)31-24(27)18-30-23-14-12-22(13-15-23)29-17-21-10-6-3-7-11-21/h2-15,19H,16-18H2,1H3,(H,26,28)/t19-/m0/s1. The van der Waals surface area contributed by atoms with Gasteiger partial charge in [-0.05, 0) is 42.3 Å². The number of benzene rings is 3. The van der Waals surface area contributed by atoms with Gasteiger partial charge in [0.05, 0.1) is 0 Å². The lowest BCUT2D eigenvalue weighted by Gasteiger charge is -2.14. The summed E-state index contributed by atoms with van der Waals surface area (Å²) in [4.78, 5) is 24.1. The first kappa shape index (κ1) is 21.9. The van der Waals surface area contributed by atoms with E-state index in [2.05, 4.69) is 5.32 Å². The van der Waals surface area contributed by atoms with Gasteiger partial charge in [-0.25, -0.2) is 4.79 Å². The molecule has 3 aromatic carbocycles. The molecular weight excluding hydrogens is 394 g/mol. The van der Waals surface area contributed by atoms with Crippen molar-refractivity contribution in [2.24, 2.45) is 0 Å². The predicted octanol–water partition coefficient (Wildman–Crippen LogP) is 3.89. The summed E-state index contributed by atoms with van der Waals surface area (Å²) in [7, 11) is 0. The van der Waals surface area contributed by atoms with E-state index in [4.69, 9.17) is 14.2 Å². The van der Waals surface area contributed by atoms with Crippen LogP contribution in [0, 0.1) is 0 Å². The smallest absolute Gasteiger partial charge is 0.344 e. The van der Waals surface area contributed by atoms with Crippen LogP contribution in [-0.2, 0) is 27.5 Å². The minimum atomic E-state index is -0.909. The highest BCUT2D eigenvalue weighted by Crippen LogP contribution is 2.18. The molecule has 0 aliphatic carbocycles. The van der Waals surface area contributed by atoms with Crippen LogP contribution in [0.25, 0.3) is 0 Å². The summed E-state index contributed by atoms with van der Waals surface area (Å²) in [6.07, 6.45) is -0.909. The van der Waals surface area contributed by atoms with E-state index < -0.39 is 12.1 Å². The number of esters is 1. The summed E-state index contributed by atoms with van der Waals surface area (Å²) < 4.78 is 16.3. The third-order valence-corrected chi connectivity index (χ3v) is 4.42. The van der Waals surface area contributed by atoms with Crippen molar-refractivity contribution in [1.82, 2.24) is 5.32 Å². The van der Waals surface area contributed by atoms with E-state index in [1.54, 1.807) is 24.3 Å². The van der Waals surface area contributed by atoms with Crippen molar-refractivity contribution in [3.05, 3.63) is 96.1 Å². The Bertz CT molecular complexity index is 958. The van der Waals surface area contributed by atoms with E-state index >= 15 is 0 Å². The molecule has 31 heavy (non-hydrogen) atoms. The zero-order valence-electron chi connectivity index (χ0n) is 17.3. The highest BCUT2D eigenvalue weighted by Gasteiger charge is 2.17. The fourth-order valence-electron chi connectivity index (χ4n) is 2.73. The molecule has 0 saturated heterocycles. The predicted molar refractivity (Wildman–Crippen MR) is 117 cm³/mol. The molecule has 0 aromatic heterocycles. The molecule has 0 fully saturated rings. The highest BCUT2D eigenvalue weighted by molar-refractivity contribution is 5.83. The first-order chi connectivity index (χ1) is 15.1. The van der Waals surface area contributed by atoms with Gasteiger partial charge in [-0.3, -0.25) is 4.79 Å². The molecule has 0 aliphatic heterocycles. The number of carbonyl (C=O) groups is 2. The Morgan fingerprint density at radius 2 is 1.32 bits per heavy atom. The molecule has 1 N–H and O–H groups in total. The van der Waals surface area contributed by atoms with E-state index in [9.17, 15) is 9.59 Å². The first-order valence-electron chi connectivity index (χ1n) is 10.0. The van der Waals surface area contributed by atoms with Crippen molar-refractivity contribution in [2.75, 3.05) is 6.61 Å². The molecule has 0 bridgehead atoms. The molecule has 6 heteroatoms. The maximum atomic E-state index is 12.1. The van der Waals surface area contributed by atoms with Crippen molar-refractivity contribution in [1.29, 1.82) is 0 Å². The quantitative estimate of drug-likeness (QED) is 0.505. The molecule has 0 radical (unpaired) electrons. The van der Waals surface area contributed by atoms with Crippen LogP contribution in [0.3, 0.4) is 0 Å². The van der Waals surface area contributed by atoms with E-state index in [0.29, 0.717) is 24.7 Å². The molecule has 3 aromatic rings. The largest absolute Gasteiger partial charge is 0.489 e. The van der Waals surface area contributed by atoms with Gasteiger partial charge in [0.2, 0.25) is 0 Å². The van der Waals surface area contributed by atoms with Gasteiger partial charge in [-0.1, -0.05) is 60.7 Å². The van der Waals surface area contributed by atoms with Crippen LogP contribution in [0.5, 0.6) is 11.5 Å². The molecule has 0 saturated carbocycles. The number of hydrogen-bond donors (Lipinski definition) is 1. The van der Waals surface area contributed by atoms with Crippen LogP contribution in [0.15, 0.2) is 84.9 Å². The van der Waals surface area contributed by atoms with Crippen LogP contribution in [0.2, 0.25) is 0 Å². The van der Waals surface area contributed by atoms with Crippen LogP contribution < -0.4 is 14.8 Å². The van der Waals surface area contributed by atoms with Gasteiger partial charge in [0, 0.05) is 6.54 Å². The summed E-state index contributed by atoms with van der Waals surface area (Å²) in [5.74, 6) is 0.219. The van der Waals surface area contributed by atoms with Gasteiger partial charge >= 0.3 is 5.97 Å². The summed E-state index contributed by atoms with van der Waals surface area (Å²) in [6.45, 7) is 2.08. The fraction of sp³-hybridized carbons (Fsp3) is 0.200. The summed E-state index contributed by atoms with van der Waals surface area (Å²) in [6, 6.07) is 26.3. The van der Waals surface area contributed by atoms with Crippen LogP contribution in [0.1, 0.15) is 18.1 Å². The lowest BCUT2D eigenvalue weighted by Crippen LogP contribution is -2.36. The average Bonchev–Trinajstić information content (AvgIpc) is 2.82. The number of hydrogen-bond acceptors (Lipinski definition) is 5. The average molecular weight is 419 g/mol. The van der Waals surface area contributed by atoms with Crippen molar-refractivity contribution >= 4 is 11.9 Å². The monoisotopic (exact) mass is 419 g/mol. The topological polar surface area (TPSA) is 73.9 Å². The Morgan fingerprint density at radius 1 is 0.774 bits per heavy atom. The zero-order chi connectivity index (χ0) is 21.9. The molecule has 1 amide bonds. The Labute approximate surface area is 181 Å². The second kappa shape index (κ2) is 11.4. The number of ether oxygens (including phenoxy) is 3. The van der Waals surface area contributed by atoms with Gasteiger partial charge in [0.25, 0.3) is 5.91 Å². The van der Waals surface area contributed by atoms with Gasteiger partial charge in [-0.2, -0.15) is 0 Å². The lowest BCUT2D eigenvalue weighted by molar-refractivity contribution is -0.156. The molecule has 0 unspecified atom stereocenters. The van der Waals surface area contributed by atoms with Crippen LogP contribution in [0.4, 0.5) is 0 Å². The van der Waals surface area contributed by atoms with Crippen LogP contribution in [-0.4, -0.2) is 24.6 Å². The third kappa shape index (κ3) is 7.51. The lowest BCUT2D eigenvalue weighted by atomic mass is 10.2. The van der Waals surface area contributed by atoms with E-state index in [0.717, 1.165) is 11.1 Å². The summed E-state index contributed by atoms with van der Waals surface area (Å²) in [5, 5.41) is 2.74.